The summed E-state index contributed by atoms with van der Waals surface area (Å²) in [4.78, 5) is 37.7. The van der Waals surface area contributed by atoms with Crippen LogP contribution in [0.15, 0.2) is 30.6 Å². The lowest BCUT2D eigenvalue weighted by Crippen LogP contribution is -2.56. The first kappa shape index (κ1) is 22.7. The van der Waals surface area contributed by atoms with E-state index >= 15 is 0 Å². The van der Waals surface area contributed by atoms with Crippen LogP contribution in [0.2, 0.25) is 0 Å². The number of amides is 2. The van der Waals surface area contributed by atoms with E-state index in [4.69, 9.17) is 0 Å². The molecule has 0 unspecified atom stereocenters. The van der Waals surface area contributed by atoms with Crippen molar-refractivity contribution >= 4 is 17.6 Å². The third-order valence-electron chi connectivity index (χ3n) is 9.72. The van der Waals surface area contributed by atoms with Gasteiger partial charge in [-0.2, -0.15) is 0 Å². The molecule has 1 aromatic carbocycles. The molecular formula is C29H36N4O2. The summed E-state index contributed by atoms with van der Waals surface area (Å²) >= 11 is 0. The highest BCUT2D eigenvalue weighted by Gasteiger charge is 2.59. The van der Waals surface area contributed by atoms with Gasteiger partial charge in [-0.25, -0.2) is 9.97 Å². The van der Waals surface area contributed by atoms with Gasteiger partial charge in [0.2, 0.25) is 5.91 Å². The van der Waals surface area contributed by atoms with E-state index in [0.717, 1.165) is 34.6 Å². The van der Waals surface area contributed by atoms with E-state index in [1.165, 1.54) is 44.9 Å². The van der Waals surface area contributed by atoms with E-state index in [-0.39, 0.29) is 17.2 Å². The van der Waals surface area contributed by atoms with Gasteiger partial charge in [-0.1, -0.05) is 31.5 Å². The Morgan fingerprint density at radius 3 is 2.40 bits per heavy atom. The quantitative estimate of drug-likeness (QED) is 0.667. The van der Waals surface area contributed by atoms with Gasteiger partial charge in [-0.15, -0.1) is 0 Å². The molecule has 4 bridgehead atoms. The van der Waals surface area contributed by atoms with Crippen LogP contribution in [0.25, 0.3) is 0 Å². The molecule has 1 aliphatic heterocycles. The van der Waals surface area contributed by atoms with Gasteiger partial charge in [-0.3, -0.25) is 9.59 Å². The lowest BCUT2D eigenvalue weighted by molar-refractivity contribution is -0.151. The van der Waals surface area contributed by atoms with Crippen LogP contribution in [-0.4, -0.2) is 33.2 Å². The lowest BCUT2D eigenvalue weighted by Gasteiger charge is -2.61. The maximum atomic E-state index is 13.8. The largest absolute Gasteiger partial charge is 0.332 e. The number of carbonyl (C=O) groups is 2. The molecule has 6 nitrogen and oxygen atoms in total. The zero-order valence-corrected chi connectivity index (χ0v) is 21.1. The molecule has 4 saturated carbocycles. The molecule has 0 atom stereocenters. The van der Waals surface area contributed by atoms with Crippen LogP contribution in [-0.2, 0) is 17.8 Å². The Bertz CT molecular complexity index is 1150. The molecule has 1 N–H and O–H groups in total. The number of hydrogen-bond acceptors (Lipinski definition) is 4. The summed E-state index contributed by atoms with van der Waals surface area (Å²) in [5.74, 6) is 3.14. The molecular weight excluding hydrogens is 436 g/mol. The van der Waals surface area contributed by atoms with Gasteiger partial charge < -0.3 is 10.2 Å². The van der Waals surface area contributed by atoms with E-state index in [9.17, 15) is 9.59 Å². The van der Waals surface area contributed by atoms with Crippen molar-refractivity contribution in [2.45, 2.75) is 72.3 Å². The van der Waals surface area contributed by atoms with Gasteiger partial charge in [0.25, 0.3) is 5.91 Å². The average molecular weight is 473 g/mol. The van der Waals surface area contributed by atoms with Crippen LogP contribution in [0.3, 0.4) is 0 Å². The maximum absolute atomic E-state index is 13.8. The van der Waals surface area contributed by atoms with Crippen LogP contribution in [0.5, 0.6) is 0 Å². The first-order valence-corrected chi connectivity index (χ1v) is 13.2. The van der Waals surface area contributed by atoms with Gasteiger partial charge in [0, 0.05) is 23.1 Å². The summed E-state index contributed by atoms with van der Waals surface area (Å²) < 4.78 is 0. The normalized spacial score (nSPS) is 29.1. The number of nitrogens with zero attached hydrogens (tertiary/aromatic N) is 3. The fraction of sp³-hybridized carbons (Fsp3) is 0.586. The highest BCUT2D eigenvalue weighted by Crippen LogP contribution is 2.66. The van der Waals surface area contributed by atoms with Gasteiger partial charge in [0.1, 0.15) is 12.1 Å². The van der Waals surface area contributed by atoms with Gasteiger partial charge in [0.05, 0.1) is 12.2 Å². The summed E-state index contributed by atoms with van der Waals surface area (Å²) in [6.45, 7) is 7.34. The predicted octanol–water partition coefficient (Wildman–Crippen LogP) is 5.16. The summed E-state index contributed by atoms with van der Waals surface area (Å²) in [7, 11) is 0. The first-order valence-electron chi connectivity index (χ1n) is 13.2. The number of carbonyl (C=O) groups excluding carboxylic acids is 2. The molecule has 2 heterocycles. The Labute approximate surface area is 207 Å². The van der Waals surface area contributed by atoms with E-state index < -0.39 is 5.41 Å². The van der Waals surface area contributed by atoms with Crippen LogP contribution >= 0.6 is 0 Å². The Balaban J connectivity index is 1.20. The average Bonchev–Trinajstić information content (AvgIpc) is 2.82. The monoisotopic (exact) mass is 472 g/mol. The Morgan fingerprint density at radius 1 is 1.06 bits per heavy atom. The molecule has 2 aromatic rings. The van der Waals surface area contributed by atoms with Crippen molar-refractivity contribution in [2.24, 2.45) is 28.6 Å². The molecule has 1 aromatic heterocycles. The highest BCUT2D eigenvalue weighted by atomic mass is 16.2. The number of anilines is 1. The first-order chi connectivity index (χ1) is 16.7. The second-order valence-electron chi connectivity index (χ2n) is 12.3. The Hall–Kier alpha value is -2.76. The lowest BCUT2D eigenvalue weighted by atomic mass is 9.43. The highest BCUT2D eigenvalue weighted by molar-refractivity contribution is 5.96. The number of rotatable bonds is 4. The van der Waals surface area contributed by atoms with Gasteiger partial charge >= 0.3 is 0 Å². The topological polar surface area (TPSA) is 75.2 Å². The Morgan fingerprint density at radius 2 is 1.74 bits per heavy atom. The minimum atomic E-state index is -0.442. The number of aromatic nitrogens is 2. The molecule has 4 aliphatic carbocycles. The standard InChI is InChI=1S/C29H36N4O2/c1-18-5-4-6-22(9-18)26(34)33-8-7-23-24(16-33)30-17-31-25(23)32-27(35)28(2,3)29-13-19-10-20(14-29)12-21(11-19)15-29/h4-6,9,17,19-21H,7-8,10-16H2,1-3H3,(H,30,31,32,35). The second kappa shape index (κ2) is 8.14. The van der Waals surface area contributed by atoms with E-state index in [1.807, 2.05) is 36.1 Å². The molecule has 0 radical (unpaired) electrons. The summed E-state index contributed by atoms with van der Waals surface area (Å²) in [6, 6.07) is 7.70. The Kier molecular flexibility index (Phi) is 5.28. The number of hydrogen-bond donors (Lipinski definition) is 1. The minimum absolute atomic E-state index is 0.0199. The van der Waals surface area contributed by atoms with Crippen molar-refractivity contribution in [3.8, 4) is 0 Å². The molecule has 0 saturated heterocycles. The van der Waals surface area contributed by atoms with Crippen LogP contribution in [0.4, 0.5) is 5.82 Å². The van der Waals surface area contributed by atoms with E-state index in [0.29, 0.717) is 30.9 Å². The summed E-state index contributed by atoms with van der Waals surface area (Å²) in [5, 5.41) is 3.23. The molecule has 6 heteroatoms. The van der Waals surface area contributed by atoms with Crippen molar-refractivity contribution < 1.29 is 9.59 Å². The minimum Gasteiger partial charge on any atom is -0.332 e. The maximum Gasteiger partial charge on any atom is 0.254 e. The molecule has 2 amide bonds. The molecule has 7 rings (SSSR count). The second-order valence-corrected chi connectivity index (χ2v) is 12.3. The fourth-order valence-corrected chi connectivity index (χ4v) is 7.98. The third-order valence-corrected chi connectivity index (χ3v) is 9.72. The van der Waals surface area contributed by atoms with Crippen molar-refractivity contribution in [3.63, 3.8) is 0 Å². The smallest absolute Gasteiger partial charge is 0.254 e. The van der Waals surface area contributed by atoms with Crippen LogP contribution < -0.4 is 5.32 Å². The van der Waals surface area contributed by atoms with Crippen molar-refractivity contribution in [1.82, 2.24) is 14.9 Å². The van der Waals surface area contributed by atoms with Crippen LogP contribution in [0.1, 0.15) is 79.6 Å². The summed E-state index contributed by atoms with van der Waals surface area (Å²) in [5.41, 5.74) is 3.24. The number of nitrogens with one attached hydrogen (secondary N) is 1. The molecule has 5 aliphatic rings. The van der Waals surface area contributed by atoms with Crippen LogP contribution in [0, 0.1) is 35.5 Å². The zero-order chi connectivity index (χ0) is 24.4. The number of benzene rings is 1. The molecule has 4 fully saturated rings. The van der Waals surface area contributed by atoms with Crippen molar-refractivity contribution in [3.05, 3.63) is 53.0 Å². The number of aryl methyl sites for hydroxylation is 1. The van der Waals surface area contributed by atoms with Gasteiger partial charge in [-0.05, 0) is 87.2 Å². The number of fused-ring (bicyclic) bond motifs is 1. The molecule has 35 heavy (non-hydrogen) atoms. The van der Waals surface area contributed by atoms with Gasteiger partial charge in [0.15, 0.2) is 0 Å². The van der Waals surface area contributed by atoms with E-state index in [1.54, 1.807) is 0 Å². The zero-order valence-electron chi connectivity index (χ0n) is 21.1. The predicted molar refractivity (Wildman–Crippen MR) is 135 cm³/mol. The van der Waals surface area contributed by atoms with Crippen molar-refractivity contribution in [2.75, 3.05) is 11.9 Å². The van der Waals surface area contributed by atoms with Crippen molar-refractivity contribution in [1.29, 1.82) is 0 Å². The molecule has 184 valence electrons. The third kappa shape index (κ3) is 3.76. The summed E-state index contributed by atoms with van der Waals surface area (Å²) in [6.07, 6.45) is 9.84. The SMILES string of the molecule is Cc1cccc(C(=O)N2CCc3c(ncnc3NC(=O)C(C)(C)C34CC5CC(CC(C5)C3)C4)C2)c1. The molecule has 0 spiro atoms. The van der Waals surface area contributed by atoms with E-state index in [2.05, 4.69) is 29.1 Å². The fourth-order valence-electron chi connectivity index (χ4n) is 7.98.